The van der Waals surface area contributed by atoms with Crippen molar-refractivity contribution in [3.63, 3.8) is 0 Å². The van der Waals surface area contributed by atoms with Crippen molar-refractivity contribution in [2.45, 2.75) is 19.8 Å². The molecule has 0 aliphatic rings. The van der Waals surface area contributed by atoms with Gasteiger partial charge in [0.05, 0.1) is 0 Å². The van der Waals surface area contributed by atoms with Crippen molar-refractivity contribution in [2.24, 2.45) is 0 Å². The van der Waals surface area contributed by atoms with Crippen LogP contribution in [0.15, 0.2) is 42.5 Å². The van der Waals surface area contributed by atoms with E-state index in [4.69, 9.17) is 5.26 Å². The van der Waals surface area contributed by atoms with E-state index < -0.39 is 0 Å². The topological polar surface area (TPSA) is 48.7 Å². The highest BCUT2D eigenvalue weighted by atomic mass is 15.0. The van der Waals surface area contributed by atoms with E-state index in [0.29, 0.717) is 17.4 Å². The maximum atomic E-state index is 8.83. The summed E-state index contributed by atoms with van der Waals surface area (Å²) in [7, 11) is 0. The summed E-state index contributed by atoms with van der Waals surface area (Å²) in [6, 6.07) is 15.6. The molecule has 1 N–H and O–H groups in total. The van der Waals surface area contributed by atoms with Crippen molar-refractivity contribution in [3.05, 3.63) is 53.7 Å². The van der Waals surface area contributed by atoms with Crippen LogP contribution in [0.1, 0.15) is 31.0 Å². The Balaban J connectivity index is 2.31. The van der Waals surface area contributed by atoms with Crippen LogP contribution in [0.2, 0.25) is 0 Å². The number of pyridine rings is 1. The van der Waals surface area contributed by atoms with E-state index in [1.807, 2.05) is 36.4 Å². The summed E-state index contributed by atoms with van der Waals surface area (Å²) in [6.45, 7) is 4.30. The number of benzene rings is 1. The molecular formula is C15H15N3. The number of aromatic nitrogens is 1. The first-order valence-electron chi connectivity index (χ1n) is 5.94. The van der Waals surface area contributed by atoms with E-state index in [1.54, 1.807) is 6.07 Å². The van der Waals surface area contributed by atoms with E-state index in [1.165, 1.54) is 5.56 Å². The van der Waals surface area contributed by atoms with Gasteiger partial charge in [0, 0.05) is 5.69 Å². The second-order valence-electron chi connectivity index (χ2n) is 4.39. The lowest BCUT2D eigenvalue weighted by Crippen LogP contribution is -1.99. The summed E-state index contributed by atoms with van der Waals surface area (Å²) in [5.74, 6) is 1.13. The normalized spacial score (nSPS) is 10.1. The zero-order chi connectivity index (χ0) is 13.0. The number of hydrogen-bond donors (Lipinski definition) is 1. The van der Waals surface area contributed by atoms with Gasteiger partial charge in [0.25, 0.3) is 0 Å². The van der Waals surface area contributed by atoms with E-state index in [9.17, 15) is 0 Å². The van der Waals surface area contributed by atoms with Crippen LogP contribution in [-0.4, -0.2) is 4.98 Å². The maximum absolute atomic E-state index is 8.83. The molecule has 0 amide bonds. The molecule has 0 aliphatic heterocycles. The van der Waals surface area contributed by atoms with Crippen LogP contribution >= 0.6 is 0 Å². The van der Waals surface area contributed by atoms with Gasteiger partial charge in [-0.2, -0.15) is 5.26 Å². The second kappa shape index (κ2) is 5.33. The molecule has 0 bridgehead atoms. The van der Waals surface area contributed by atoms with Crippen LogP contribution in [0.25, 0.3) is 0 Å². The van der Waals surface area contributed by atoms with Crippen LogP contribution in [0.5, 0.6) is 0 Å². The third-order valence-corrected chi connectivity index (χ3v) is 2.71. The number of hydrogen-bond acceptors (Lipinski definition) is 3. The third-order valence-electron chi connectivity index (χ3n) is 2.71. The lowest BCUT2D eigenvalue weighted by molar-refractivity contribution is 0.869. The minimum Gasteiger partial charge on any atom is -0.340 e. The van der Waals surface area contributed by atoms with Gasteiger partial charge in [-0.05, 0) is 29.7 Å². The second-order valence-corrected chi connectivity index (χ2v) is 4.39. The molecule has 1 aromatic carbocycles. The van der Waals surface area contributed by atoms with Gasteiger partial charge >= 0.3 is 0 Å². The first-order valence-corrected chi connectivity index (χ1v) is 5.94. The van der Waals surface area contributed by atoms with Crippen molar-refractivity contribution in [1.82, 2.24) is 4.98 Å². The average Bonchev–Trinajstić information content (AvgIpc) is 2.39. The predicted molar refractivity (Wildman–Crippen MR) is 72.8 cm³/mol. The Morgan fingerprint density at radius 2 is 1.89 bits per heavy atom. The Morgan fingerprint density at radius 3 is 2.61 bits per heavy atom. The van der Waals surface area contributed by atoms with E-state index in [0.717, 1.165) is 5.69 Å². The molecule has 90 valence electrons. The molecule has 0 fully saturated rings. The smallest absolute Gasteiger partial charge is 0.142 e. The molecular weight excluding hydrogens is 222 g/mol. The molecule has 0 saturated heterocycles. The molecule has 0 spiro atoms. The maximum Gasteiger partial charge on any atom is 0.142 e. The fraction of sp³-hybridized carbons (Fsp3) is 0.200. The van der Waals surface area contributed by atoms with Crippen molar-refractivity contribution >= 4 is 11.5 Å². The summed E-state index contributed by atoms with van der Waals surface area (Å²) >= 11 is 0. The average molecular weight is 237 g/mol. The summed E-state index contributed by atoms with van der Waals surface area (Å²) in [6.07, 6.45) is 0. The minimum atomic E-state index is 0.419. The fourth-order valence-electron chi connectivity index (χ4n) is 1.82. The van der Waals surface area contributed by atoms with Crippen molar-refractivity contribution in [2.75, 3.05) is 5.32 Å². The first kappa shape index (κ1) is 12.1. The van der Waals surface area contributed by atoms with Crippen LogP contribution in [0.4, 0.5) is 11.5 Å². The molecule has 2 aromatic rings. The highest BCUT2D eigenvalue weighted by molar-refractivity contribution is 5.61. The van der Waals surface area contributed by atoms with Crippen LogP contribution < -0.4 is 5.32 Å². The van der Waals surface area contributed by atoms with Crippen LogP contribution in [-0.2, 0) is 0 Å². The minimum absolute atomic E-state index is 0.419. The summed E-state index contributed by atoms with van der Waals surface area (Å²) < 4.78 is 0. The first-order chi connectivity index (χ1) is 8.70. The van der Waals surface area contributed by atoms with Gasteiger partial charge in [-0.25, -0.2) is 4.98 Å². The van der Waals surface area contributed by atoms with Gasteiger partial charge in [-0.1, -0.05) is 38.1 Å². The van der Waals surface area contributed by atoms with Gasteiger partial charge in [0.1, 0.15) is 17.6 Å². The van der Waals surface area contributed by atoms with Gasteiger partial charge < -0.3 is 5.32 Å². The Kier molecular flexibility index (Phi) is 3.59. The van der Waals surface area contributed by atoms with Crippen LogP contribution in [0.3, 0.4) is 0 Å². The molecule has 1 aromatic heterocycles. The van der Waals surface area contributed by atoms with Gasteiger partial charge in [0.15, 0.2) is 0 Å². The number of nitrogens with zero attached hydrogens (tertiary/aromatic N) is 2. The lowest BCUT2D eigenvalue weighted by atomic mass is 10.0. The van der Waals surface area contributed by atoms with Crippen molar-refractivity contribution in [1.29, 1.82) is 5.26 Å². The number of anilines is 2. The summed E-state index contributed by atoms with van der Waals surface area (Å²) in [4.78, 5) is 4.21. The van der Waals surface area contributed by atoms with E-state index in [-0.39, 0.29) is 0 Å². The number of rotatable bonds is 3. The third kappa shape index (κ3) is 2.67. The Labute approximate surface area is 107 Å². The lowest BCUT2D eigenvalue weighted by Gasteiger charge is -2.13. The highest BCUT2D eigenvalue weighted by Gasteiger charge is 2.06. The Bertz CT molecular complexity index is 582. The standard InChI is InChI=1S/C15H15N3/c1-11(2)13-7-3-4-8-14(13)18-15-9-5-6-12(10-16)17-15/h3-9,11H,1-2H3,(H,17,18). The molecule has 0 unspecified atom stereocenters. The number of nitrogens with one attached hydrogen (secondary N) is 1. The van der Waals surface area contributed by atoms with Gasteiger partial charge in [-0.3, -0.25) is 0 Å². The number of para-hydroxylation sites is 1. The summed E-state index contributed by atoms with van der Waals surface area (Å²) in [5, 5.41) is 12.1. The molecule has 0 radical (unpaired) electrons. The Hall–Kier alpha value is -2.34. The Morgan fingerprint density at radius 1 is 1.11 bits per heavy atom. The molecule has 0 atom stereocenters. The quantitative estimate of drug-likeness (QED) is 0.882. The highest BCUT2D eigenvalue weighted by Crippen LogP contribution is 2.26. The molecule has 1 heterocycles. The van der Waals surface area contributed by atoms with Crippen molar-refractivity contribution in [3.8, 4) is 6.07 Å². The predicted octanol–water partition coefficient (Wildman–Crippen LogP) is 3.82. The largest absolute Gasteiger partial charge is 0.340 e. The molecule has 3 heteroatoms. The fourth-order valence-corrected chi connectivity index (χ4v) is 1.82. The molecule has 0 saturated carbocycles. The number of nitriles is 1. The summed E-state index contributed by atoms with van der Waals surface area (Å²) in [5.41, 5.74) is 2.69. The molecule has 3 nitrogen and oxygen atoms in total. The van der Waals surface area contributed by atoms with E-state index in [2.05, 4.69) is 30.2 Å². The van der Waals surface area contributed by atoms with Crippen LogP contribution in [0, 0.1) is 11.3 Å². The monoisotopic (exact) mass is 237 g/mol. The van der Waals surface area contributed by atoms with Gasteiger partial charge in [-0.15, -0.1) is 0 Å². The van der Waals surface area contributed by atoms with Gasteiger partial charge in [0.2, 0.25) is 0 Å². The molecule has 18 heavy (non-hydrogen) atoms. The zero-order valence-corrected chi connectivity index (χ0v) is 10.5. The molecule has 2 rings (SSSR count). The molecule has 0 aliphatic carbocycles. The van der Waals surface area contributed by atoms with Crippen molar-refractivity contribution < 1.29 is 0 Å². The SMILES string of the molecule is CC(C)c1ccccc1Nc1cccc(C#N)n1. The zero-order valence-electron chi connectivity index (χ0n) is 10.5. The van der Waals surface area contributed by atoms with E-state index >= 15 is 0 Å².